The summed E-state index contributed by atoms with van der Waals surface area (Å²) in [6.45, 7) is 1.84. The first-order valence-corrected chi connectivity index (χ1v) is 9.90. The lowest BCUT2D eigenvalue weighted by molar-refractivity contribution is -0.113. The summed E-state index contributed by atoms with van der Waals surface area (Å²) >= 11 is 2.50. The van der Waals surface area contributed by atoms with Crippen molar-refractivity contribution in [2.75, 3.05) is 29.4 Å². The molecule has 0 saturated heterocycles. The molecule has 1 aromatic carbocycles. The third-order valence-corrected chi connectivity index (χ3v) is 5.12. The highest BCUT2D eigenvalue weighted by atomic mass is 32.2. The van der Waals surface area contributed by atoms with Gasteiger partial charge in [0.1, 0.15) is 5.75 Å². The minimum absolute atomic E-state index is 0.126. The van der Waals surface area contributed by atoms with Crippen molar-refractivity contribution in [2.24, 2.45) is 5.10 Å². The van der Waals surface area contributed by atoms with E-state index in [-0.39, 0.29) is 17.6 Å². The van der Waals surface area contributed by atoms with E-state index in [2.05, 4.69) is 31.0 Å². The molecule has 0 spiro atoms. The van der Waals surface area contributed by atoms with E-state index >= 15 is 0 Å². The van der Waals surface area contributed by atoms with E-state index in [1.807, 2.05) is 31.2 Å². The number of nitrogens with two attached hydrogens (primary N) is 1. The molecule has 1 amide bonds. The van der Waals surface area contributed by atoms with Crippen LogP contribution in [0.15, 0.2) is 46.1 Å². The maximum absolute atomic E-state index is 11.9. The average Bonchev–Trinajstić information content (AvgIpc) is 3.34. The number of hydrogen-bond donors (Lipinski definition) is 3. The second kappa shape index (κ2) is 9.19. The molecular formula is C16H18N8O2S2. The highest BCUT2D eigenvalue weighted by molar-refractivity contribution is 7.99. The van der Waals surface area contributed by atoms with Gasteiger partial charge in [0.2, 0.25) is 11.1 Å². The van der Waals surface area contributed by atoms with Crippen LogP contribution >= 0.6 is 23.1 Å². The van der Waals surface area contributed by atoms with E-state index < -0.39 is 0 Å². The van der Waals surface area contributed by atoms with Crippen LogP contribution in [0.4, 0.5) is 11.1 Å². The number of carbonyl (C=O) groups excluding carboxylic acids is 1. The van der Waals surface area contributed by atoms with Gasteiger partial charge in [-0.25, -0.2) is 15.1 Å². The minimum Gasteiger partial charge on any atom is -0.497 e. The van der Waals surface area contributed by atoms with E-state index in [0.717, 1.165) is 28.8 Å². The Morgan fingerprint density at radius 3 is 3.04 bits per heavy atom. The summed E-state index contributed by atoms with van der Waals surface area (Å²) < 4.78 is 6.45. The number of methoxy groups -OCH3 is 1. The first kappa shape index (κ1) is 19.6. The fourth-order valence-corrected chi connectivity index (χ4v) is 3.27. The van der Waals surface area contributed by atoms with Gasteiger partial charge < -0.3 is 15.9 Å². The Morgan fingerprint density at radius 2 is 2.29 bits per heavy atom. The molecule has 4 N–H and O–H groups in total. The highest BCUT2D eigenvalue weighted by Crippen LogP contribution is 2.18. The van der Waals surface area contributed by atoms with Crippen molar-refractivity contribution in [1.82, 2.24) is 19.9 Å². The van der Waals surface area contributed by atoms with E-state index in [1.165, 1.54) is 16.0 Å². The number of aromatic nitrogens is 4. The largest absolute Gasteiger partial charge is 0.497 e. The van der Waals surface area contributed by atoms with Gasteiger partial charge in [0.05, 0.1) is 18.6 Å². The summed E-state index contributed by atoms with van der Waals surface area (Å²) in [6.07, 6.45) is 1.62. The smallest absolute Gasteiger partial charge is 0.264 e. The van der Waals surface area contributed by atoms with Gasteiger partial charge >= 0.3 is 0 Å². The summed E-state index contributed by atoms with van der Waals surface area (Å²) in [6, 6.07) is 7.52. The van der Waals surface area contributed by atoms with Crippen molar-refractivity contribution in [3.63, 3.8) is 0 Å². The zero-order valence-electron chi connectivity index (χ0n) is 15.1. The van der Waals surface area contributed by atoms with Crippen LogP contribution in [-0.4, -0.2) is 44.3 Å². The van der Waals surface area contributed by atoms with Crippen LogP contribution in [0.25, 0.3) is 0 Å². The van der Waals surface area contributed by atoms with Crippen LogP contribution in [0.5, 0.6) is 5.75 Å². The molecule has 28 heavy (non-hydrogen) atoms. The predicted molar refractivity (Wildman–Crippen MR) is 110 cm³/mol. The fraction of sp³-hybridized carbons (Fsp3) is 0.188. The van der Waals surface area contributed by atoms with Gasteiger partial charge in [0.25, 0.3) is 5.95 Å². The van der Waals surface area contributed by atoms with Crippen LogP contribution in [0.3, 0.4) is 0 Å². The van der Waals surface area contributed by atoms with Gasteiger partial charge in [-0.05, 0) is 19.1 Å². The SMILES string of the molecule is COc1cccc(/C(C)=N/Nc2nnc(SCC(=O)Nc3nccs3)n2N)c1. The Hall–Kier alpha value is -3.12. The number of carbonyl (C=O) groups is 1. The molecule has 3 aromatic rings. The molecule has 0 aliphatic carbocycles. The molecule has 0 bridgehead atoms. The number of benzene rings is 1. The summed E-state index contributed by atoms with van der Waals surface area (Å²) in [7, 11) is 1.61. The number of nitrogens with one attached hydrogen (secondary N) is 2. The van der Waals surface area contributed by atoms with Crippen LogP contribution in [0.2, 0.25) is 0 Å². The quantitative estimate of drug-likeness (QED) is 0.219. The first-order valence-electron chi connectivity index (χ1n) is 8.04. The highest BCUT2D eigenvalue weighted by Gasteiger charge is 2.13. The number of hydrazone groups is 1. The Morgan fingerprint density at radius 1 is 1.43 bits per heavy atom. The van der Waals surface area contributed by atoms with Crippen LogP contribution in [-0.2, 0) is 4.79 Å². The normalized spacial score (nSPS) is 11.3. The predicted octanol–water partition coefficient (Wildman–Crippen LogP) is 2.02. The zero-order chi connectivity index (χ0) is 19.9. The van der Waals surface area contributed by atoms with Crippen LogP contribution in [0.1, 0.15) is 12.5 Å². The molecule has 0 aliphatic heterocycles. The second-order valence-corrected chi connectivity index (χ2v) is 7.23. The lowest BCUT2D eigenvalue weighted by Crippen LogP contribution is -2.17. The third-order valence-electron chi connectivity index (χ3n) is 3.49. The number of nitrogen functional groups attached to an aromatic ring is 1. The molecule has 0 aliphatic rings. The summed E-state index contributed by atoms with van der Waals surface area (Å²) in [5.41, 5.74) is 4.40. The Balaban J connectivity index is 1.58. The molecular weight excluding hydrogens is 400 g/mol. The molecule has 12 heteroatoms. The number of rotatable bonds is 8. The van der Waals surface area contributed by atoms with Crippen LogP contribution in [0, 0.1) is 0 Å². The molecule has 3 rings (SSSR count). The molecule has 0 unspecified atom stereocenters. The van der Waals surface area contributed by atoms with Crippen LogP contribution < -0.4 is 21.3 Å². The van der Waals surface area contributed by atoms with Gasteiger partial charge in [0.15, 0.2) is 5.13 Å². The molecule has 2 aromatic heterocycles. The molecule has 0 saturated carbocycles. The number of hydrogen-bond acceptors (Lipinski definition) is 10. The maximum atomic E-state index is 11.9. The number of amides is 1. The van der Waals surface area contributed by atoms with Crippen molar-refractivity contribution < 1.29 is 9.53 Å². The lowest BCUT2D eigenvalue weighted by Gasteiger charge is -2.06. The lowest BCUT2D eigenvalue weighted by atomic mass is 10.1. The van der Waals surface area contributed by atoms with Gasteiger partial charge in [-0.1, -0.05) is 23.9 Å². The number of nitrogens with zero attached hydrogens (tertiary/aromatic N) is 5. The van der Waals surface area contributed by atoms with E-state index in [0.29, 0.717) is 10.3 Å². The third kappa shape index (κ3) is 4.98. The number of thioether (sulfide) groups is 1. The summed E-state index contributed by atoms with van der Waals surface area (Å²) in [5, 5.41) is 17.6. The topological polar surface area (TPSA) is 132 Å². The van der Waals surface area contributed by atoms with Crippen molar-refractivity contribution in [3.05, 3.63) is 41.4 Å². The Labute approximate surface area is 169 Å². The Kier molecular flexibility index (Phi) is 6.45. The second-order valence-electron chi connectivity index (χ2n) is 5.39. The first-order chi connectivity index (χ1) is 13.6. The number of thiazole rings is 1. The van der Waals surface area contributed by atoms with Gasteiger partial charge in [0, 0.05) is 17.1 Å². The number of ether oxygens (including phenoxy) is 1. The average molecular weight is 419 g/mol. The van der Waals surface area contributed by atoms with E-state index in [1.54, 1.807) is 18.7 Å². The molecule has 146 valence electrons. The van der Waals surface area contributed by atoms with Gasteiger partial charge in [-0.2, -0.15) is 5.10 Å². The van der Waals surface area contributed by atoms with E-state index in [4.69, 9.17) is 10.6 Å². The fourth-order valence-electron chi connectivity index (χ4n) is 2.07. The number of anilines is 2. The summed E-state index contributed by atoms with van der Waals surface area (Å²) in [5.74, 6) is 6.89. The van der Waals surface area contributed by atoms with Crippen molar-refractivity contribution in [1.29, 1.82) is 0 Å². The summed E-state index contributed by atoms with van der Waals surface area (Å²) in [4.78, 5) is 15.9. The van der Waals surface area contributed by atoms with Gasteiger partial charge in [-0.15, -0.1) is 21.5 Å². The molecule has 2 heterocycles. The minimum atomic E-state index is -0.204. The molecule has 10 nitrogen and oxygen atoms in total. The maximum Gasteiger partial charge on any atom is 0.264 e. The zero-order valence-corrected chi connectivity index (χ0v) is 16.8. The van der Waals surface area contributed by atoms with Crippen molar-refractivity contribution >= 4 is 45.8 Å². The monoisotopic (exact) mass is 418 g/mol. The molecule has 0 radical (unpaired) electrons. The van der Waals surface area contributed by atoms with E-state index in [9.17, 15) is 4.79 Å². The molecule has 0 fully saturated rings. The standard InChI is InChI=1S/C16H18N8O2S2/c1-10(11-4-3-5-12(8-11)26-2)20-21-14-22-23-16(24(14)17)28-9-13(25)19-15-18-6-7-27-15/h3-8H,9,17H2,1-2H3,(H,21,22)(H,18,19,25)/b20-10+. The molecule has 0 atom stereocenters. The van der Waals surface area contributed by atoms with Gasteiger partial charge in [-0.3, -0.25) is 4.79 Å². The van der Waals surface area contributed by atoms with Crippen molar-refractivity contribution in [2.45, 2.75) is 12.1 Å². The Bertz CT molecular complexity index is 971. The van der Waals surface area contributed by atoms with Crippen molar-refractivity contribution in [3.8, 4) is 5.75 Å².